The van der Waals surface area contributed by atoms with Crippen molar-refractivity contribution in [3.63, 3.8) is 0 Å². The number of esters is 1. The molecule has 1 N–H and O–H groups in total. The van der Waals surface area contributed by atoms with Crippen molar-refractivity contribution in [1.29, 1.82) is 0 Å². The molecular weight excluding hydrogens is 546 g/mol. The molecular formula is C32H33N7O4. The molecule has 1 aliphatic carbocycles. The van der Waals surface area contributed by atoms with Crippen molar-refractivity contribution >= 4 is 17.3 Å². The van der Waals surface area contributed by atoms with E-state index in [1.807, 2.05) is 36.5 Å². The number of carbonyl (C=O) groups excluding carboxylic acids is 1. The SMILES string of the molecule is COC(=O)c1ccc(-c2nc(C3CCCn4c(C5CC5)nnc43)n3ccnc(NCc4ccc(OC)cc4OC)c23)cc1. The molecule has 43 heavy (non-hydrogen) atoms. The van der Waals surface area contributed by atoms with Gasteiger partial charge < -0.3 is 24.1 Å². The van der Waals surface area contributed by atoms with E-state index in [9.17, 15) is 4.79 Å². The van der Waals surface area contributed by atoms with Gasteiger partial charge in [-0.2, -0.15) is 0 Å². The number of nitrogens with one attached hydrogen (secondary N) is 1. The van der Waals surface area contributed by atoms with Gasteiger partial charge in [-0.3, -0.25) is 4.40 Å². The van der Waals surface area contributed by atoms with Gasteiger partial charge in [0, 0.05) is 48.6 Å². The Morgan fingerprint density at radius 3 is 2.53 bits per heavy atom. The topological polar surface area (TPSA) is 118 Å². The number of fused-ring (bicyclic) bond motifs is 2. The Labute approximate surface area is 248 Å². The first-order chi connectivity index (χ1) is 21.1. The summed E-state index contributed by atoms with van der Waals surface area (Å²) in [7, 11) is 4.66. The van der Waals surface area contributed by atoms with E-state index >= 15 is 0 Å². The Morgan fingerprint density at radius 2 is 1.79 bits per heavy atom. The zero-order valence-electron chi connectivity index (χ0n) is 24.4. The van der Waals surface area contributed by atoms with Crippen molar-refractivity contribution in [2.75, 3.05) is 26.6 Å². The molecule has 2 aliphatic rings. The zero-order chi connectivity index (χ0) is 29.5. The van der Waals surface area contributed by atoms with Crippen LogP contribution < -0.4 is 14.8 Å². The van der Waals surface area contributed by atoms with Gasteiger partial charge in [-0.15, -0.1) is 10.2 Å². The maximum Gasteiger partial charge on any atom is 0.337 e. The molecule has 0 amide bonds. The molecule has 7 rings (SSSR count). The van der Waals surface area contributed by atoms with Crippen LogP contribution in [0.5, 0.6) is 11.5 Å². The molecule has 2 aromatic carbocycles. The second-order valence-electron chi connectivity index (χ2n) is 11.0. The molecule has 1 aliphatic heterocycles. The van der Waals surface area contributed by atoms with Gasteiger partial charge in [0.15, 0.2) is 5.82 Å². The molecule has 1 saturated carbocycles. The minimum atomic E-state index is -0.382. The molecule has 1 unspecified atom stereocenters. The summed E-state index contributed by atoms with van der Waals surface area (Å²) in [5, 5.41) is 12.8. The molecule has 3 aromatic heterocycles. The Kier molecular flexibility index (Phi) is 6.92. The first kappa shape index (κ1) is 26.9. The molecule has 11 nitrogen and oxygen atoms in total. The number of carbonyl (C=O) groups is 1. The van der Waals surface area contributed by atoms with E-state index in [0.29, 0.717) is 23.8 Å². The molecule has 0 saturated heterocycles. The Balaban J connectivity index is 1.33. The Bertz CT molecular complexity index is 1810. The van der Waals surface area contributed by atoms with Gasteiger partial charge in [0.05, 0.1) is 32.8 Å². The summed E-state index contributed by atoms with van der Waals surface area (Å²) in [4.78, 5) is 22.1. The lowest BCUT2D eigenvalue weighted by Gasteiger charge is -2.23. The number of benzene rings is 2. The van der Waals surface area contributed by atoms with Crippen LogP contribution in [0.15, 0.2) is 54.9 Å². The number of methoxy groups -OCH3 is 3. The molecule has 220 valence electrons. The van der Waals surface area contributed by atoms with Gasteiger partial charge >= 0.3 is 5.97 Å². The van der Waals surface area contributed by atoms with Crippen LogP contribution in [0, 0.1) is 0 Å². The number of nitrogens with zero attached hydrogens (tertiary/aromatic N) is 6. The van der Waals surface area contributed by atoms with Crippen molar-refractivity contribution < 1.29 is 19.0 Å². The Hall–Kier alpha value is -4.93. The smallest absolute Gasteiger partial charge is 0.337 e. The summed E-state index contributed by atoms with van der Waals surface area (Å²) < 4.78 is 20.3. The summed E-state index contributed by atoms with van der Waals surface area (Å²) in [6, 6.07) is 13.1. The highest BCUT2D eigenvalue weighted by molar-refractivity contribution is 5.91. The average Bonchev–Trinajstić information content (AvgIpc) is 3.69. The minimum Gasteiger partial charge on any atom is -0.497 e. The molecule has 1 atom stereocenters. The van der Waals surface area contributed by atoms with Gasteiger partial charge in [-0.1, -0.05) is 12.1 Å². The lowest BCUT2D eigenvalue weighted by Crippen LogP contribution is -2.20. The lowest BCUT2D eigenvalue weighted by atomic mass is 9.98. The number of imidazole rings is 1. The first-order valence-electron chi connectivity index (χ1n) is 14.5. The highest BCUT2D eigenvalue weighted by atomic mass is 16.5. The van der Waals surface area contributed by atoms with Gasteiger partial charge in [0.1, 0.15) is 40.2 Å². The monoisotopic (exact) mass is 579 g/mol. The number of ether oxygens (including phenoxy) is 3. The quantitative estimate of drug-likeness (QED) is 0.235. The van der Waals surface area contributed by atoms with Crippen molar-refractivity contribution in [2.24, 2.45) is 0 Å². The second kappa shape index (κ2) is 11.0. The van der Waals surface area contributed by atoms with Crippen LogP contribution in [0.2, 0.25) is 0 Å². The lowest BCUT2D eigenvalue weighted by molar-refractivity contribution is 0.0600. The summed E-state index contributed by atoms with van der Waals surface area (Å²) >= 11 is 0. The Morgan fingerprint density at radius 1 is 0.977 bits per heavy atom. The third kappa shape index (κ3) is 4.84. The molecule has 11 heteroatoms. The fraction of sp³-hybridized carbons (Fsp3) is 0.344. The minimum absolute atomic E-state index is 0.0127. The van der Waals surface area contributed by atoms with Crippen LogP contribution in [-0.2, 0) is 17.8 Å². The normalized spacial score (nSPS) is 16.1. The summed E-state index contributed by atoms with van der Waals surface area (Å²) in [5.41, 5.74) is 3.91. The van der Waals surface area contributed by atoms with E-state index < -0.39 is 0 Å². The van der Waals surface area contributed by atoms with Gasteiger partial charge in [0.2, 0.25) is 0 Å². The molecule has 4 heterocycles. The highest BCUT2D eigenvalue weighted by Gasteiger charge is 2.36. The molecule has 5 aromatic rings. The van der Waals surface area contributed by atoms with Crippen LogP contribution in [0.1, 0.15) is 70.9 Å². The van der Waals surface area contributed by atoms with Crippen LogP contribution in [0.25, 0.3) is 16.8 Å². The predicted octanol–water partition coefficient (Wildman–Crippen LogP) is 5.21. The zero-order valence-corrected chi connectivity index (χ0v) is 24.4. The van der Waals surface area contributed by atoms with Gasteiger partial charge in [0.25, 0.3) is 0 Å². The third-order valence-electron chi connectivity index (χ3n) is 8.35. The van der Waals surface area contributed by atoms with E-state index in [0.717, 1.165) is 70.7 Å². The maximum absolute atomic E-state index is 12.1. The summed E-state index contributed by atoms with van der Waals surface area (Å²) in [6.45, 7) is 1.41. The van der Waals surface area contributed by atoms with E-state index in [-0.39, 0.29) is 11.9 Å². The van der Waals surface area contributed by atoms with Crippen LogP contribution >= 0.6 is 0 Å². The number of hydrogen-bond acceptors (Lipinski definition) is 9. The van der Waals surface area contributed by atoms with Gasteiger partial charge in [-0.05, 0) is 49.9 Å². The molecule has 0 bridgehead atoms. The molecule has 0 radical (unpaired) electrons. The predicted molar refractivity (Wildman–Crippen MR) is 160 cm³/mol. The average molecular weight is 580 g/mol. The maximum atomic E-state index is 12.1. The number of anilines is 1. The van der Waals surface area contributed by atoms with E-state index in [2.05, 4.69) is 24.5 Å². The van der Waals surface area contributed by atoms with Crippen molar-refractivity contribution in [3.8, 4) is 22.8 Å². The molecule has 0 spiro atoms. The second-order valence-corrected chi connectivity index (χ2v) is 11.0. The summed E-state index contributed by atoms with van der Waals surface area (Å²) in [6.07, 6.45) is 8.07. The van der Waals surface area contributed by atoms with E-state index in [4.69, 9.17) is 24.2 Å². The largest absolute Gasteiger partial charge is 0.497 e. The van der Waals surface area contributed by atoms with E-state index in [1.165, 1.54) is 20.0 Å². The standard InChI is InChI=1S/C32H33N7O4/c1-41-23-13-12-22(25(17-23)42-2)18-34-28-27-26(19-6-10-21(11-7-19)32(40)43-3)35-30(38(27)16-14-33-28)24-5-4-15-39-29(20-8-9-20)36-37-31(24)39/h6-7,10-14,16-17,20,24H,4-5,8-9,15,18H2,1-3H3,(H,33,34). The summed E-state index contributed by atoms with van der Waals surface area (Å²) in [5.74, 6) is 5.24. The molecule has 1 fully saturated rings. The fourth-order valence-corrected chi connectivity index (χ4v) is 5.98. The first-order valence-corrected chi connectivity index (χ1v) is 14.5. The van der Waals surface area contributed by atoms with Gasteiger partial charge in [-0.25, -0.2) is 14.8 Å². The highest BCUT2D eigenvalue weighted by Crippen LogP contribution is 2.43. The van der Waals surface area contributed by atoms with Crippen LogP contribution in [-0.4, -0.2) is 56.4 Å². The number of hydrogen-bond donors (Lipinski definition) is 1. The van der Waals surface area contributed by atoms with Crippen molar-refractivity contribution in [2.45, 2.75) is 50.6 Å². The third-order valence-corrected chi connectivity index (χ3v) is 8.35. The van der Waals surface area contributed by atoms with Crippen molar-refractivity contribution in [1.82, 2.24) is 29.1 Å². The number of aromatic nitrogens is 6. The van der Waals surface area contributed by atoms with Crippen LogP contribution in [0.4, 0.5) is 5.82 Å². The van der Waals surface area contributed by atoms with E-state index in [1.54, 1.807) is 32.5 Å². The fourth-order valence-electron chi connectivity index (χ4n) is 5.98. The van der Waals surface area contributed by atoms with Crippen molar-refractivity contribution in [3.05, 3.63) is 83.5 Å². The van der Waals surface area contributed by atoms with Crippen LogP contribution in [0.3, 0.4) is 0 Å². The number of rotatable bonds is 9.